The van der Waals surface area contributed by atoms with Gasteiger partial charge in [-0.05, 0) is 76.7 Å². The van der Waals surface area contributed by atoms with Crippen molar-refractivity contribution >= 4 is 52.5 Å². The number of hydrogen-bond acceptors (Lipinski definition) is 6. The maximum atomic E-state index is 13.8. The number of thiophene rings is 1. The molecule has 1 aliphatic rings. The number of unbranched alkanes of at least 4 members (excludes halogenated alkanes) is 1. The number of aromatic nitrogens is 1. The second-order valence-electron chi connectivity index (χ2n) is 13.2. The van der Waals surface area contributed by atoms with Gasteiger partial charge in [-0.25, -0.2) is 0 Å². The first kappa shape index (κ1) is 33.7. The summed E-state index contributed by atoms with van der Waals surface area (Å²) in [4.78, 5) is 45.7. The van der Waals surface area contributed by atoms with Crippen LogP contribution in [0.2, 0.25) is 16.6 Å². The van der Waals surface area contributed by atoms with E-state index in [1.54, 1.807) is 36.7 Å². The highest BCUT2D eigenvalue weighted by molar-refractivity contribution is 7.22. The van der Waals surface area contributed by atoms with Gasteiger partial charge in [-0.1, -0.05) is 77.9 Å². The normalized spacial score (nSPS) is 14.2. The minimum absolute atomic E-state index is 0.0471. The predicted octanol–water partition coefficient (Wildman–Crippen LogP) is 8.83. The topological polar surface area (TPSA) is 88.6 Å². The summed E-state index contributed by atoms with van der Waals surface area (Å²) in [5, 5.41) is 4.73. The second-order valence-corrected chi connectivity index (χ2v) is 19.7. The molecule has 0 saturated heterocycles. The number of carbonyl (C=O) groups is 3. The van der Waals surface area contributed by atoms with E-state index >= 15 is 0 Å². The van der Waals surface area contributed by atoms with Gasteiger partial charge in [0, 0.05) is 25.5 Å². The van der Waals surface area contributed by atoms with E-state index in [0.717, 1.165) is 41.5 Å². The van der Waals surface area contributed by atoms with Crippen LogP contribution in [0, 0.1) is 0 Å². The van der Waals surface area contributed by atoms with Gasteiger partial charge in [-0.2, -0.15) is 0 Å². The van der Waals surface area contributed by atoms with Crippen LogP contribution in [0.3, 0.4) is 0 Å². The molecule has 1 unspecified atom stereocenters. The lowest BCUT2D eigenvalue weighted by atomic mass is 9.95. The van der Waals surface area contributed by atoms with Crippen LogP contribution in [0.15, 0.2) is 73.1 Å². The van der Waals surface area contributed by atoms with Gasteiger partial charge in [0.05, 0.1) is 26.7 Å². The first-order valence-electron chi connectivity index (χ1n) is 16.3. The van der Waals surface area contributed by atoms with Gasteiger partial charge in [-0.15, -0.1) is 11.3 Å². The molecule has 0 spiro atoms. The molecule has 1 atom stereocenters. The van der Waals surface area contributed by atoms with Gasteiger partial charge in [0.2, 0.25) is 5.91 Å². The smallest absolute Gasteiger partial charge is 0.261 e. The zero-order valence-electron chi connectivity index (χ0n) is 27.7. The number of nitrogens with one attached hydrogen (secondary N) is 1. The lowest BCUT2D eigenvalue weighted by molar-refractivity contribution is -0.117. The Morgan fingerprint density at radius 1 is 0.891 bits per heavy atom. The van der Waals surface area contributed by atoms with Crippen LogP contribution in [-0.2, 0) is 15.6 Å². The molecule has 3 amide bonds. The fourth-order valence-electron chi connectivity index (χ4n) is 7.18. The summed E-state index contributed by atoms with van der Waals surface area (Å²) in [6.45, 7) is 14.6. The SMILES string of the molecule is CC(C)[Si](OCCCCc1ccc(C(CN2C(=O)c3ccccc3C2=O)C(=O)Nc2cc3ccncc3s2)cc1)(C(C)C)C(C)C. The first-order chi connectivity index (χ1) is 22.0. The van der Waals surface area contributed by atoms with Gasteiger partial charge in [-0.3, -0.25) is 24.3 Å². The lowest BCUT2D eigenvalue weighted by Gasteiger charge is -2.42. The van der Waals surface area contributed by atoms with E-state index in [9.17, 15) is 14.4 Å². The summed E-state index contributed by atoms with van der Waals surface area (Å²) in [6.07, 6.45) is 6.41. The van der Waals surface area contributed by atoms with Crippen LogP contribution < -0.4 is 5.32 Å². The van der Waals surface area contributed by atoms with E-state index in [1.165, 1.54) is 21.8 Å². The number of carbonyl (C=O) groups excluding carboxylic acids is 3. The maximum Gasteiger partial charge on any atom is 0.261 e. The monoisotopic (exact) mass is 655 g/mol. The van der Waals surface area contributed by atoms with Crippen molar-refractivity contribution in [1.82, 2.24) is 9.88 Å². The molecular formula is C37H45N3O4SSi. The number of nitrogens with zero attached hydrogens (tertiary/aromatic N) is 2. The molecule has 1 aliphatic heterocycles. The molecule has 2 aromatic heterocycles. The average molecular weight is 656 g/mol. The zero-order valence-corrected chi connectivity index (χ0v) is 29.5. The summed E-state index contributed by atoms with van der Waals surface area (Å²) in [5.41, 5.74) is 4.39. The molecule has 4 aromatic rings. The number of pyridine rings is 1. The Bertz CT molecular complexity index is 1610. The van der Waals surface area contributed by atoms with Crippen LogP contribution in [0.5, 0.6) is 0 Å². The molecule has 0 bridgehead atoms. The summed E-state index contributed by atoms with van der Waals surface area (Å²) >= 11 is 1.44. The summed E-state index contributed by atoms with van der Waals surface area (Å²) in [7, 11) is -1.86. The summed E-state index contributed by atoms with van der Waals surface area (Å²) in [5.74, 6) is -1.75. The minimum Gasteiger partial charge on any atom is -0.416 e. The van der Waals surface area contributed by atoms with Crippen LogP contribution in [0.4, 0.5) is 5.00 Å². The Kier molecular flexibility index (Phi) is 10.5. The van der Waals surface area contributed by atoms with Crippen molar-refractivity contribution in [2.75, 3.05) is 18.5 Å². The zero-order chi connectivity index (χ0) is 33.0. The Morgan fingerprint density at radius 3 is 2.11 bits per heavy atom. The largest absolute Gasteiger partial charge is 0.416 e. The van der Waals surface area contributed by atoms with Gasteiger partial charge >= 0.3 is 0 Å². The van der Waals surface area contributed by atoms with Crippen molar-refractivity contribution in [3.05, 3.63) is 95.3 Å². The fraction of sp³-hybridized carbons (Fsp3) is 0.405. The van der Waals surface area contributed by atoms with Crippen LogP contribution in [0.25, 0.3) is 10.1 Å². The minimum atomic E-state index is -1.86. The summed E-state index contributed by atoms with van der Waals surface area (Å²) in [6, 6.07) is 18.7. The summed E-state index contributed by atoms with van der Waals surface area (Å²) < 4.78 is 7.70. The predicted molar refractivity (Wildman–Crippen MR) is 189 cm³/mol. The molecule has 5 rings (SSSR count). The highest BCUT2D eigenvalue weighted by Crippen LogP contribution is 2.42. The standard InChI is InChI=1S/C37H45N3O4SSi/c1-24(2)46(25(3)4,26(5)6)44-20-10-9-11-27-14-16-28(17-15-27)32(23-40-36(42)30-12-7-8-13-31(30)37(40)43)35(41)39-34-21-29-18-19-38-22-33(29)45-34/h7-8,12-19,21-22,24-26,32H,9-11,20,23H2,1-6H3,(H,39,41). The van der Waals surface area contributed by atoms with Gasteiger partial charge in [0.1, 0.15) is 0 Å². The fourth-order valence-corrected chi connectivity index (χ4v) is 13.6. The number of anilines is 1. The second kappa shape index (κ2) is 14.4. The Balaban J connectivity index is 1.28. The number of rotatable bonds is 14. The number of fused-ring (bicyclic) bond motifs is 2. The Morgan fingerprint density at radius 2 is 1.52 bits per heavy atom. The molecule has 0 fully saturated rings. The third kappa shape index (κ3) is 6.87. The molecule has 0 radical (unpaired) electrons. The molecule has 9 heteroatoms. The van der Waals surface area contributed by atoms with E-state index in [1.807, 2.05) is 24.3 Å². The number of benzene rings is 2. The molecule has 3 heterocycles. The van der Waals surface area contributed by atoms with Crippen LogP contribution in [0.1, 0.15) is 92.1 Å². The first-order valence-corrected chi connectivity index (χ1v) is 19.3. The van der Waals surface area contributed by atoms with E-state index in [0.29, 0.717) is 32.8 Å². The molecule has 0 aliphatic carbocycles. The number of aryl methyl sites for hydroxylation is 1. The molecule has 2 aromatic carbocycles. The van der Waals surface area contributed by atoms with Crippen LogP contribution >= 0.6 is 11.3 Å². The molecule has 7 nitrogen and oxygen atoms in total. The van der Waals surface area contributed by atoms with E-state index in [2.05, 4.69) is 64.0 Å². The average Bonchev–Trinajstić information content (AvgIpc) is 3.54. The Hall–Kier alpha value is -3.66. The molecule has 46 heavy (non-hydrogen) atoms. The lowest BCUT2D eigenvalue weighted by Crippen LogP contribution is -2.47. The number of hydrogen-bond donors (Lipinski definition) is 1. The van der Waals surface area contributed by atoms with Gasteiger partial charge in [0.15, 0.2) is 8.32 Å². The molecule has 0 saturated carbocycles. The molecular weight excluding hydrogens is 611 g/mol. The third-order valence-corrected chi connectivity index (χ3v) is 16.5. The van der Waals surface area contributed by atoms with Crippen LogP contribution in [-0.4, -0.2) is 49.1 Å². The van der Waals surface area contributed by atoms with Crippen molar-refractivity contribution in [3.8, 4) is 0 Å². The van der Waals surface area contributed by atoms with E-state index in [-0.39, 0.29) is 24.3 Å². The van der Waals surface area contributed by atoms with Crippen molar-refractivity contribution in [2.24, 2.45) is 0 Å². The van der Waals surface area contributed by atoms with Crippen molar-refractivity contribution in [1.29, 1.82) is 0 Å². The Labute approximate surface area is 277 Å². The van der Waals surface area contributed by atoms with Gasteiger partial charge in [0.25, 0.3) is 11.8 Å². The highest BCUT2D eigenvalue weighted by atomic mass is 32.1. The molecule has 1 N–H and O–H groups in total. The number of imide groups is 1. The van der Waals surface area contributed by atoms with Crippen molar-refractivity contribution < 1.29 is 18.8 Å². The quantitative estimate of drug-likeness (QED) is 0.0833. The van der Waals surface area contributed by atoms with Crippen molar-refractivity contribution in [2.45, 2.75) is 83.3 Å². The molecule has 242 valence electrons. The van der Waals surface area contributed by atoms with E-state index in [4.69, 9.17) is 4.43 Å². The van der Waals surface area contributed by atoms with E-state index < -0.39 is 14.2 Å². The third-order valence-electron chi connectivity index (χ3n) is 9.43. The van der Waals surface area contributed by atoms with Crippen molar-refractivity contribution in [3.63, 3.8) is 0 Å². The maximum absolute atomic E-state index is 13.8. The highest BCUT2D eigenvalue weighted by Gasteiger charge is 2.44. The van der Waals surface area contributed by atoms with Gasteiger partial charge < -0.3 is 9.74 Å². The number of amides is 3.